The first-order valence-electron chi connectivity index (χ1n) is 5.37. The Morgan fingerprint density at radius 2 is 1.94 bits per heavy atom. The lowest BCUT2D eigenvalue weighted by atomic mass is 10.2. The lowest BCUT2D eigenvalue weighted by molar-refractivity contribution is -0.121. The first-order valence-corrected chi connectivity index (χ1v) is 7.02. The summed E-state index contributed by atoms with van der Waals surface area (Å²) in [5, 5.41) is 2.61. The van der Waals surface area contributed by atoms with Crippen LogP contribution in [0.3, 0.4) is 0 Å². The van der Waals surface area contributed by atoms with E-state index in [0.717, 1.165) is 0 Å². The van der Waals surface area contributed by atoms with Crippen molar-refractivity contribution in [3.05, 3.63) is 0 Å². The highest BCUT2D eigenvalue weighted by Gasteiger charge is 2.06. The molecule has 6 nitrogen and oxygen atoms in total. The molecular formula is C9H22ClN3O3S. The van der Waals surface area contributed by atoms with Crippen LogP contribution in [0.4, 0.5) is 0 Å². The quantitative estimate of drug-likeness (QED) is 0.528. The average Bonchev–Trinajstić information content (AvgIpc) is 2.21. The average molecular weight is 288 g/mol. The van der Waals surface area contributed by atoms with Crippen molar-refractivity contribution in [3.63, 3.8) is 0 Å². The number of hydrogen-bond donors (Lipinski definition) is 3. The zero-order valence-electron chi connectivity index (χ0n) is 10.2. The lowest BCUT2D eigenvalue weighted by Crippen LogP contribution is -2.35. The van der Waals surface area contributed by atoms with E-state index in [1.165, 1.54) is 0 Å². The number of halogens is 1. The van der Waals surface area contributed by atoms with Gasteiger partial charge in [0.15, 0.2) is 0 Å². The molecule has 1 atom stereocenters. The third-order valence-electron chi connectivity index (χ3n) is 1.98. The summed E-state index contributed by atoms with van der Waals surface area (Å²) < 4.78 is 24.4. The highest BCUT2D eigenvalue weighted by Crippen LogP contribution is 1.92. The van der Waals surface area contributed by atoms with Crippen LogP contribution in [0, 0.1) is 0 Å². The van der Waals surface area contributed by atoms with Gasteiger partial charge in [-0.1, -0.05) is 0 Å². The monoisotopic (exact) mass is 287 g/mol. The molecule has 0 saturated carbocycles. The predicted molar refractivity (Wildman–Crippen MR) is 70.6 cm³/mol. The molecule has 0 spiro atoms. The van der Waals surface area contributed by atoms with Crippen molar-refractivity contribution in [1.82, 2.24) is 10.0 Å². The minimum absolute atomic E-state index is 0. The second-order valence-electron chi connectivity index (χ2n) is 3.66. The molecule has 0 radical (unpaired) electrons. The van der Waals surface area contributed by atoms with Crippen LogP contribution in [-0.4, -0.2) is 39.2 Å². The van der Waals surface area contributed by atoms with Crippen LogP contribution in [0.5, 0.6) is 0 Å². The van der Waals surface area contributed by atoms with E-state index in [1.54, 1.807) is 6.92 Å². The zero-order chi connectivity index (χ0) is 12.6. The van der Waals surface area contributed by atoms with Crippen molar-refractivity contribution in [2.45, 2.75) is 32.7 Å². The minimum atomic E-state index is -3.16. The molecule has 104 valence electrons. The van der Waals surface area contributed by atoms with Gasteiger partial charge >= 0.3 is 0 Å². The molecule has 0 bridgehead atoms. The van der Waals surface area contributed by atoms with Crippen molar-refractivity contribution in [2.75, 3.05) is 18.8 Å². The van der Waals surface area contributed by atoms with Gasteiger partial charge in [0.1, 0.15) is 0 Å². The molecule has 0 saturated heterocycles. The summed E-state index contributed by atoms with van der Waals surface area (Å²) in [5.41, 5.74) is 5.50. The summed E-state index contributed by atoms with van der Waals surface area (Å²) in [5.74, 6) is -0.0565. The van der Waals surface area contributed by atoms with Crippen molar-refractivity contribution in [1.29, 1.82) is 0 Å². The SMILES string of the molecule is CCS(=O)(=O)NCCNC(=O)CCC(C)N.Cl. The maximum atomic E-state index is 11.2. The van der Waals surface area contributed by atoms with Gasteiger partial charge in [-0.3, -0.25) is 4.79 Å². The molecule has 0 rings (SSSR count). The van der Waals surface area contributed by atoms with E-state index in [0.29, 0.717) is 19.4 Å². The number of rotatable bonds is 8. The molecule has 1 unspecified atom stereocenters. The van der Waals surface area contributed by atoms with E-state index in [2.05, 4.69) is 10.0 Å². The zero-order valence-corrected chi connectivity index (χ0v) is 11.9. The number of hydrogen-bond acceptors (Lipinski definition) is 4. The predicted octanol–water partition coefficient (Wildman–Crippen LogP) is -0.409. The van der Waals surface area contributed by atoms with Gasteiger partial charge in [-0.2, -0.15) is 0 Å². The van der Waals surface area contributed by atoms with E-state index in [9.17, 15) is 13.2 Å². The first kappa shape index (κ1) is 19.0. The molecule has 0 fully saturated rings. The molecule has 0 heterocycles. The number of carbonyl (C=O) groups excluding carboxylic acids is 1. The second-order valence-corrected chi connectivity index (χ2v) is 5.76. The van der Waals surface area contributed by atoms with E-state index >= 15 is 0 Å². The number of amides is 1. The van der Waals surface area contributed by atoms with Gasteiger partial charge in [-0.05, 0) is 20.3 Å². The van der Waals surface area contributed by atoms with Crippen molar-refractivity contribution in [2.24, 2.45) is 5.73 Å². The van der Waals surface area contributed by atoms with Crippen LogP contribution in [-0.2, 0) is 14.8 Å². The van der Waals surface area contributed by atoms with E-state index in [4.69, 9.17) is 5.73 Å². The van der Waals surface area contributed by atoms with Gasteiger partial charge in [0.25, 0.3) is 0 Å². The van der Waals surface area contributed by atoms with Crippen molar-refractivity contribution < 1.29 is 13.2 Å². The third-order valence-corrected chi connectivity index (χ3v) is 3.38. The maximum absolute atomic E-state index is 11.2. The van der Waals surface area contributed by atoms with Crippen molar-refractivity contribution >= 4 is 28.3 Å². The summed E-state index contributed by atoms with van der Waals surface area (Å²) in [6.07, 6.45) is 1.00. The Labute approximate surface area is 109 Å². The molecule has 0 aromatic rings. The van der Waals surface area contributed by atoms with E-state index in [-0.39, 0.29) is 36.7 Å². The smallest absolute Gasteiger partial charge is 0.220 e. The van der Waals surface area contributed by atoms with Crippen LogP contribution in [0.25, 0.3) is 0 Å². The van der Waals surface area contributed by atoms with E-state index < -0.39 is 10.0 Å². The molecule has 4 N–H and O–H groups in total. The van der Waals surface area contributed by atoms with Gasteiger partial charge in [0.2, 0.25) is 15.9 Å². The lowest BCUT2D eigenvalue weighted by Gasteiger charge is -2.07. The number of nitrogens with two attached hydrogens (primary N) is 1. The molecule has 0 aromatic heterocycles. The minimum Gasteiger partial charge on any atom is -0.355 e. The van der Waals surface area contributed by atoms with Gasteiger partial charge in [0, 0.05) is 25.6 Å². The number of carbonyl (C=O) groups is 1. The molecule has 0 aliphatic rings. The third kappa shape index (κ3) is 11.9. The fourth-order valence-corrected chi connectivity index (χ4v) is 1.57. The molecule has 0 aromatic carbocycles. The second kappa shape index (κ2) is 9.64. The largest absolute Gasteiger partial charge is 0.355 e. The Bertz CT molecular complexity index is 307. The standard InChI is InChI=1S/C9H21N3O3S.ClH/c1-3-16(14,15)12-7-6-11-9(13)5-4-8(2)10;/h8,12H,3-7,10H2,1-2H3,(H,11,13);1H. The summed E-state index contributed by atoms with van der Waals surface area (Å²) in [6, 6.07) is 0.00402. The maximum Gasteiger partial charge on any atom is 0.220 e. The fraction of sp³-hybridized carbons (Fsp3) is 0.889. The molecule has 17 heavy (non-hydrogen) atoms. The van der Waals surface area contributed by atoms with Gasteiger partial charge in [0.05, 0.1) is 5.75 Å². The summed E-state index contributed by atoms with van der Waals surface area (Å²) in [4.78, 5) is 11.2. The molecule has 0 aliphatic heterocycles. The molecule has 0 aliphatic carbocycles. The fourth-order valence-electron chi connectivity index (χ4n) is 0.958. The van der Waals surface area contributed by atoms with Gasteiger partial charge < -0.3 is 11.1 Å². The molecule has 8 heteroatoms. The van der Waals surface area contributed by atoms with Crippen LogP contribution < -0.4 is 15.8 Å². The highest BCUT2D eigenvalue weighted by atomic mass is 35.5. The number of nitrogens with one attached hydrogen (secondary N) is 2. The molecule has 1 amide bonds. The van der Waals surface area contributed by atoms with Gasteiger partial charge in [-0.25, -0.2) is 13.1 Å². The Morgan fingerprint density at radius 1 is 1.35 bits per heavy atom. The Kier molecular flexibility index (Phi) is 10.8. The van der Waals surface area contributed by atoms with Crippen LogP contribution in [0.15, 0.2) is 0 Å². The van der Waals surface area contributed by atoms with Gasteiger partial charge in [-0.15, -0.1) is 12.4 Å². The van der Waals surface area contributed by atoms with Crippen LogP contribution >= 0.6 is 12.4 Å². The van der Waals surface area contributed by atoms with E-state index in [1.807, 2.05) is 6.92 Å². The van der Waals surface area contributed by atoms with Crippen LogP contribution in [0.2, 0.25) is 0 Å². The summed E-state index contributed by atoms with van der Waals surface area (Å²) >= 11 is 0. The summed E-state index contributed by atoms with van der Waals surface area (Å²) in [6.45, 7) is 3.92. The Morgan fingerprint density at radius 3 is 2.41 bits per heavy atom. The first-order chi connectivity index (χ1) is 7.37. The van der Waals surface area contributed by atoms with Crippen molar-refractivity contribution in [3.8, 4) is 0 Å². The molecular weight excluding hydrogens is 266 g/mol. The topological polar surface area (TPSA) is 101 Å². The number of sulfonamides is 1. The highest BCUT2D eigenvalue weighted by molar-refractivity contribution is 7.89. The Hall–Kier alpha value is -0.370. The normalized spacial score (nSPS) is 12.6. The Balaban J connectivity index is 0. The van der Waals surface area contributed by atoms with Crippen LogP contribution in [0.1, 0.15) is 26.7 Å². The summed E-state index contributed by atoms with van der Waals surface area (Å²) in [7, 11) is -3.16.